The van der Waals surface area contributed by atoms with E-state index < -0.39 is 0 Å². The van der Waals surface area contributed by atoms with Crippen LogP contribution < -0.4 is 10.6 Å². The minimum Gasteiger partial charge on any atom is -0.348 e. The van der Waals surface area contributed by atoms with Gasteiger partial charge in [0, 0.05) is 30.5 Å². The zero-order valence-corrected chi connectivity index (χ0v) is 17.4. The van der Waals surface area contributed by atoms with Crippen LogP contribution in [0.25, 0.3) is 0 Å². The summed E-state index contributed by atoms with van der Waals surface area (Å²) < 4.78 is 1.52. The van der Waals surface area contributed by atoms with Gasteiger partial charge in [-0.25, -0.2) is 0 Å². The quantitative estimate of drug-likeness (QED) is 0.747. The first-order chi connectivity index (χ1) is 13.8. The minimum atomic E-state index is -0.328. The predicted octanol–water partition coefficient (Wildman–Crippen LogP) is 2.30. The first-order valence-electron chi connectivity index (χ1n) is 10.1. The number of aromatic nitrogens is 3. The fourth-order valence-electron chi connectivity index (χ4n) is 3.71. The number of anilines is 1. The van der Waals surface area contributed by atoms with E-state index >= 15 is 0 Å². The van der Waals surface area contributed by atoms with E-state index in [1.807, 2.05) is 13.8 Å². The summed E-state index contributed by atoms with van der Waals surface area (Å²) in [6.07, 6.45) is 8.44. The highest BCUT2D eigenvalue weighted by atomic mass is 16.2. The lowest BCUT2D eigenvalue weighted by Gasteiger charge is -2.39. The summed E-state index contributed by atoms with van der Waals surface area (Å²) >= 11 is 0. The smallest absolute Gasteiger partial charge is 0.274 e. The predicted molar refractivity (Wildman–Crippen MR) is 112 cm³/mol. The largest absolute Gasteiger partial charge is 0.348 e. The van der Waals surface area contributed by atoms with Gasteiger partial charge in [-0.3, -0.25) is 24.2 Å². The fraction of sp³-hybridized carbons (Fsp3) is 0.524. The van der Waals surface area contributed by atoms with Gasteiger partial charge in [-0.15, -0.1) is 0 Å². The molecule has 0 saturated carbocycles. The van der Waals surface area contributed by atoms with Gasteiger partial charge in [-0.1, -0.05) is 12.5 Å². The van der Waals surface area contributed by atoms with Gasteiger partial charge in [0.05, 0.1) is 11.9 Å². The third-order valence-corrected chi connectivity index (χ3v) is 5.11. The molecule has 2 aromatic rings. The van der Waals surface area contributed by atoms with E-state index in [-0.39, 0.29) is 23.9 Å². The Morgan fingerprint density at radius 3 is 2.83 bits per heavy atom. The maximum Gasteiger partial charge on any atom is 0.274 e. The molecular formula is C21H30N6O2. The number of rotatable bonds is 7. The highest BCUT2D eigenvalue weighted by Crippen LogP contribution is 2.19. The number of hydrogen-bond donors (Lipinski definition) is 2. The highest BCUT2D eigenvalue weighted by molar-refractivity contribution is 6.02. The van der Waals surface area contributed by atoms with Crippen molar-refractivity contribution in [1.82, 2.24) is 25.0 Å². The lowest BCUT2D eigenvalue weighted by molar-refractivity contribution is -0.123. The molecule has 1 atom stereocenters. The van der Waals surface area contributed by atoms with Crippen molar-refractivity contribution in [3.8, 4) is 0 Å². The van der Waals surface area contributed by atoms with Gasteiger partial charge in [0.2, 0.25) is 5.91 Å². The number of hydrogen-bond acceptors (Lipinski definition) is 5. The molecule has 1 aliphatic heterocycles. The maximum atomic E-state index is 12.5. The van der Waals surface area contributed by atoms with E-state index in [0.29, 0.717) is 17.4 Å². The molecule has 0 aliphatic carbocycles. The fourth-order valence-corrected chi connectivity index (χ4v) is 3.71. The molecule has 0 unspecified atom stereocenters. The Bertz CT molecular complexity index is 833. The Labute approximate surface area is 171 Å². The summed E-state index contributed by atoms with van der Waals surface area (Å²) in [5.41, 5.74) is 0.521. The summed E-state index contributed by atoms with van der Waals surface area (Å²) in [6, 6.07) is 5.69. The van der Waals surface area contributed by atoms with Crippen LogP contribution in [0.3, 0.4) is 0 Å². The first-order valence-corrected chi connectivity index (χ1v) is 10.1. The van der Waals surface area contributed by atoms with Gasteiger partial charge in [-0.05, 0) is 52.3 Å². The number of pyridine rings is 1. The van der Waals surface area contributed by atoms with E-state index in [1.165, 1.54) is 30.1 Å². The number of carbonyl (C=O) groups is 2. The number of nitrogens with zero attached hydrogens (tertiary/aromatic N) is 4. The van der Waals surface area contributed by atoms with E-state index in [2.05, 4.69) is 32.5 Å². The minimum absolute atomic E-state index is 0.0957. The molecule has 0 bridgehead atoms. The first kappa shape index (κ1) is 21.0. The van der Waals surface area contributed by atoms with Crippen molar-refractivity contribution in [1.29, 1.82) is 0 Å². The van der Waals surface area contributed by atoms with Crippen LogP contribution in [-0.2, 0) is 11.3 Å². The van der Waals surface area contributed by atoms with E-state index in [1.54, 1.807) is 30.6 Å². The van der Waals surface area contributed by atoms with Crippen molar-refractivity contribution >= 4 is 17.5 Å². The zero-order chi connectivity index (χ0) is 20.9. The van der Waals surface area contributed by atoms with Crippen molar-refractivity contribution in [3.05, 3.63) is 42.5 Å². The van der Waals surface area contributed by atoms with Crippen LogP contribution in [0.4, 0.5) is 5.69 Å². The molecular weight excluding hydrogens is 368 g/mol. The maximum absolute atomic E-state index is 12.5. The average molecular weight is 399 g/mol. The second kappa shape index (κ2) is 9.17. The van der Waals surface area contributed by atoms with Crippen LogP contribution in [0, 0.1) is 0 Å². The van der Waals surface area contributed by atoms with Gasteiger partial charge >= 0.3 is 0 Å². The van der Waals surface area contributed by atoms with Gasteiger partial charge in [0.1, 0.15) is 12.2 Å². The molecule has 3 rings (SSSR count). The molecule has 0 spiro atoms. The summed E-state index contributed by atoms with van der Waals surface area (Å²) in [6.45, 7) is 8.35. The summed E-state index contributed by atoms with van der Waals surface area (Å²) in [7, 11) is 0. The van der Waals surface area contributed by atoms with Crippen molar-refractivity contribution in [2.45, 2.75) is 58.2 Å². The molecule has 8 heteroatoms. The zero-order valence-electron chi connectivity index (χ0n) is 17.4. The Morgan fingerprint density at radius 2 is 2.10 bits per heavy atom. The molecule has 29 heavy (non-hydrogen) atoms. The summed E-state index contributed by atoms with van der Waals surface area (Å²) in [5, 5.41) is 10.0. The van der Waals surface area contributed by atoms with Crippen molar-refractivity contribution in [2.75, 3.05) is 18.4 Å². The Balaban J connectivity index is 1.51. The Morgan fingerprint density at radius 1 is 1.28 bits per heavy atom. The van der Waals surface area contributed by atoms with Crippen LogP contribution in [0.1, 0.15) is 50.5 Å². The lowest BCUT2D eigenvalue weighted by atomic mass is 9.98. The number of nitrogens with one attached hydrogen (secondary N) is 2. The molecule has 2 aromatic heterocycles. The molecule has 156 valence electrons. The topological polar surface area (TPSA) is 92.2 Å². The van der Waals surface area contributed by atoms with Crippen LogP contribution in [0.15, 0.2) is 36.8 Å². The molecule has 1 aliphatic rings. The van der Waals surface area contributed by atoms with Crippen LogP contribution >= 0.6 is 0 Å². The van der Waals surface area contributed by atoms with E-state index in [9.17, 15) is 9.59 Å². The van der Waals surface area contributed by atoms with Gasteiger partial charge in [0.25, 0.3) is 5.91 Å². The number of piperidine rings is 1. The Kier molecular flexibility index (Phi) is 6.64. The Hall–Kier alpha value is -2.74. The molecule has 8 nitrogen and oxygen atoms in total. The molecule has 0 radical (unpaired) electrons. The normalized spacial score (nSPS) is 17.7. The third kappa shape index (κ3) is 6.12. The molecule has 2 amide bonds. The van der Waals surface area contributed by atoms with Crippen LogP contribution in [0.5, 0.6) is 0 Å². The van der Waals surface area contributed by atoms with Gasteiger partial charge < -0.3 is 10.6 Å². The van der Waals surface area contributed by atoms with E-state index in [0.717, 1.165) is 13.1 Å². The summed E-state index contributed by atoms with van der Waals surface area (Å²) in [4.78, 5) is 31.1. The summed E-state index contributed by atoms with van der Waals surface area (Å²) in [5.74, 6) is -0.420. The van der Waals surface area contributed by atoms with Crippen LogP contribution in [-0.4, -0.2) is 56.1 Å². The van der Waals surface area contributed by atoms with Gasteiger partial charge in [0.15, 0.2) is 0 Å². The number of carbonyl (C=O) groups excluding carboxylic acids is 2. The van der Waals surface area contributed by atoms with Crippen molar-refractivity contribution in [3.63, 3.8) is 0 Å². The molecule has 1 fully saturated rings. The van der Waals surface area contributed by atoms with Gasteiger partial charge in [-0.2, -0.15) is 5.10 Å². The third-order valence-electron chi connectivity index (χ3n) is 5.11. The second-order valence-corrected chi connectivity index (χ2v) is 8.34. The number of amides is 2. The average Bonchev–Trinajstić information content (AvgIpc) is 3.10. The molecule has 3 heterocycles. The molecule has 0 aromatic carbocycles. The highest BCUT2D eigenvalue weighted by Gasteiger charge is 2.27. The van der Waals surface area contributed by atoms with Crippen LogP contribution in [0.2, 0.25) is 0 Å². The van der Waals surface area contributed by atoms with E-state index in [4.69, 9.17) is 0 Å². The standard InChI is InChI=1S/C21H30N6O2/c1-16-8-5-7-11-26(16)15-21(2,3)25-19(28)14-27-13-17(12-23-27)24-20(29)18-9-4-6-10-22-18/h4,6,9-10,12-13,16H,5,7-8,11,14-15H2,1-3H3,(H,24,29)(H,25,28)/t16-/m0/s1. The van der Waals surface area contributed by atoms with Crippen molar-refractivity contribution in [2.24, 2.45) is 0 Å². The molecule has 2 N–H and O–H groups in total. The second-order valence-electron chi connectivity index (χ2n) is 8.34. The lowest BCUT2D eigenvalue weighted by Crippen LogP contribution is -2.54. The SMILES string of the molecule is C[C@H]1CCCCN1CC(C)(C)NC(=O)Cn1cc(NC(=O)c2ccccn2)cn1. The number of likely N-dealkylation sites (tertiary alicyclic amines) is 1. The monoisotopic (exact) mass is 398 g/mol. The molecule has 1 saturated heterocycles. The van der Waals surface area contributed by atoms with Crippen molar-refractivity contribution < 1.29 is 9.59 Å².